The molecule has 0 aliphatic rings. The zero-order valence-corrected chi connectivity index (χ0v) is 27.0. The molecule has 116 valence electrons. The average Bonchev–Trinajstić information content (AvgIpc) is 2.49. The molecule has 2 rings (SSSR count). The van der Waals surface area contributed by atoms with Crippen LogP contribution in [0.1, 0.15) is 5.56 Å². The van der Waals surface area contributed by atoms with E-state index in [4.69, 9.17) is 19.7 Å². The molecule has 0 aliphatic carbocycles. The van der Waals surface area contributed by atoms with Gasteiger partial charge < -0.3 is 19.7 Å². The SMILES string of the molecule is O=C(Cc1ccccc1)OCSc1ccccc1.O=C([O-])[O-].[Cs+].[Cs+]. The van der Waals surface area contributed by atoms with Crippen molar-refractivity contribution in [2.45, 2.75) is 11.3 Å². The first-order valence-electron chi connectivity index (χ1n) is 6.33. The minimum atomic E-state index is -2.33. The third-order valence-corrected chi connectivity index (χ3v) is 3.22. The van der Waals surface area contributed by atoms with Gasteiger partial charge in [-0.3, -0.25) is 4.79 Å². The Labute approximate surface area is 263 Å². The Bertz CT molecular complexity index is 578. The summed E-state index contributed by atoms with van der Waals surface area (Å²) in [6.45, 7) is 0. The molecule has 2 aromatic carbocycles. The second-order valence-corrected chi connectivity index (χ2v) is 5.00. The molecule has 5 nitrogen and oxygen atoms in total. The molecule has 2 aromatic rings. The maximum atomic E-state index is 11.6. The molecule has 0 aromatic heterocycles. The number of benzene rings is 2. The number of carbonyl (C=O) groups is 2. The van der Waals surface area contributed by atoms with Crippen molar-refractivity contribution < 1.29 is 162 Å². The first kappa shape index (κ1) is 27.8. The number of hydrogen-bond acceptors (Lipinski definition) is 6. The third-order valence-electron chi connectivity index (χ3n) is 2.38. The molecule has 0 aliphatic heterocycles. The summed E-state index contributed by atoms with van der Waals surface area (Å²) in [5.74, 6) is 0.167. The summed E-state index contributed by atoms with van der Waals surface area (Å²) in [4.78, 5) is 21.0. The van der Waals surface area contributed by atoms with Gasteiger partial charge in [-0.1, -0.05) is 60.3 Å². The van der Waals surface area contributed by atoms with Gasteiger partial charge in [0.2, 0.25) is 0 Å². The number of carboxylic acid groups (broad SMARTS) is 2. The summed E-state index contributed by atoms with van der Waals surface area (Å²) in [5, 5.41) is 16.7. The zero-order valence-electron chi connectivity index (χ0n) is 13.6. The fourth-order valence-corrected chi connectivity index (χ4v) is 2.17. The molecule has 0 amide bonds. The largest absolute Gasteiger partial charge is 1.00 e. The van der Waals surface area contributed by atoms with Gasteiger partial charge in [-0.2, -0.15) is 0 Å². The van der Waals surface area contributed by atoms with Crippen LogP contribution in [-0.2, 0) is 16.0 Å². The number of ether oxygens (including phenoxy) is 1. The Morgan fingerprint density at radius 3 is 1.83 bits per heavy atom. The summed E-state index contributed by atoms with van der Waals surface area (Å²) in [5.41, 5.74) is 0.979. The van der Waals surface area contributed by atoms with E-state index in [1.165, 1.54) is 11.8 Å². The Morgan fingerprint density at radius 1 is 0.875 bits per heavy atom. The van der Waals surface area contributed by atoms with Crippen molar-refractivity contribution in [1.82, 2.24) is 0 Å². The molecule has 0 atom stereocenters. The van der Waals surface area contributed by atoms with E-state index in [1.807, 2.05) is 60.7 Å². The predicted octanol–water partition coefficient (Wildman–Crippen LogP) is -4.92. The van der Waals surface area contributed by atoms with Crippen LogP contribution in [0.15, 0.2) is 65.6 Å². The van der Waals surface area contributed by atoms with Crippen LogP contribution >= 0.6 is 11.8 Å². The summed E-state index contributed by atoms with van der Waals surface area (Å²) < 4.78 is 5.17. The van der Waals surface area contributed by atoms with Crippen LogP contribution in [-0.4, -0.2) is 18.1 Å². The van der Waals surface area contributed by atoms with Crippen molar-refractivity contribution in [3.63, 3.8) is 0 Å². The van der Waals surface area contributed by atoms with Gasteiger partial charge >= 0.3 is 144 Å². The van der Waals surface area contributed by atoms with Crippen molar-refractivity contribution in [2.24, 2.45) is 0 Å². The standard InChI is InChI=1S/C15H14O2S.CH2O3.2Cs/c16-15(11-13-7-3-1-4-8-13)17-12-18-14-9-5-2-6-10-14;2-1(3)4;;/h1-10H,11-12H2;(H2,2,3,4);;/q;;2*+1/p-2. The summed E-state index contributed by atoms with van der Waals surface area (Å²) in [6.07, 6.45) is -2.00. The third kappa shape index (κ3) is 15.9. The maximum absolute atomic E-state index is 11.6. The molecule has 0 bridgehead atoms. The van der Waals surface area contributed by atoms with Crippen LogP contribution in [0, 0.1) is 0 Å². The van der Waals surface area contributed by atoms with E-state index in [2.05, 4.69) is 0 Å². The molecule has 0 heterocycles. The minimum absolute atomic E-state index is 0. The molecular weight excluding hydrogens is 570 g/mol. The van der Waals surface area contributed by atoms with Crippen LogP contribution in [0.3, 0.4) is 0 Å². The van der Waals surface area contributed by atoms with E-state index in [0.717, 1.165) is 10.5 Å². The van der Waals surface area contributed by atoms with Crippen molar-refractivity contribution in [3.05, 3.63) is 66.2 Å². The van der Waals surface area contributed by atoms with Gasteiger partial charge in [0, 0.05) is 4.90 Å². The average molecular weight is 584 g/mol. The Morgan fingerprint density at radius 2 is 1.33 bits per heavy atom. The monoisotopic (exact) mass is 584 g/mol. The number of hydrogen-bond donors (Lipinski definition) is 0. The van der Waals surface area contributed by atoms with Crippen molar-refractivity contribution in [3.8, 4) is 0 Å². The Kier molecular flexibility index (Phi) is 20.9. The second-order valence-electron chi connectivity index (χ2n) is 4.00. The van der Waals surface area contributed by atoms with Crippen molar-refractivity contribution in [1.29, 1.82) is 0 Å². The minimum Gasteiger partial charge on any atom is -0.652 e. The van der Waals surface area contributed by atoms with Crippen molar-refractivity contribution in [2.75, 3.05) is 5.94 Å². The van der Waals surface area contributed by atoms with Crippen molar-refractivity contribution >= 4 is 23.9 Å². The second kappa shape index (κ2) is 18.0. The summed E-state index contributed by atoms with van der Waals surface area (Å²) in [7, 11) is 0. The smallest absolute Gasteiger partial charge is 0.652 e. The van der Waals surface area contributed by atoms with Gasteiger partial charge in [0.25, 0.3) is 0 Å². The first-order valence-corrected chi connectivity index (χ1v) is 7.32. The van der Waals surface area contributed by atoms with E-state index in [1.54, 1.807) is 0 Å². The Balaban J connectivity index is 0. The van der Waals surface area contributed by atoms with Crippen LogP contribution in [0.5, 0.6) is 0 Å². The van der Waals surface area contributed by atoms with E-state index in [-0.39, 0.29) is 144 Å². The van der Waals surface area contributed by atoms with Gasteiger partial charge in [0.05, 0.1) is 6.42 Å². The van der Waals surface area contributed by atoms with Gasteiger partial charge in [-0.05, 0) is 23.9 Å². The topological polar surface area (TPSA) is 89.5 Å². The number of rotatable bonds is 5. The van der Waals surface area contributed by atoms with E-state index in [0.29, 0.717) is 12.4 Å². The maximum Gasteiger partial charge on any atom is 1.00 e. The molecule has 0 fully saturated rings. The fraction of sp³-hybridized carbons (Fsp3) is 0.125. The summed E-state index contributed by atoms with van der Waals surface area (Å²) >= 11 is 1.52. The molecule has 24 heavy (non-hydrogen) atoms. The number of esters is 1. The molecule has 0 radical (unpaired) electrons. The van der Waals surface area contributed by atoms with Crippen LogP contribution < -0.4 is 148 Å². The van der Waals surface area contributed by atoms with Gasteiger partial charge in [-0.15, -0.1) is 0 Å². The van der Waals surface area contributed by atoms with E-state index in [9.17, 15) is 4.79 Å². The van der Waals surface area contributed by atoms with Crippen LogP contribution in [0.4, 0.5) is 4.79 Å². The van der Waals surface area contributed by atoms with Crippen LogP contribution in [0.2, 0.25) is 0 Å². The number of thioether (sulfide) groups is 1. The Hall–Kier alpha value is 1.63. The van der Waals surface area contributed by atoms with E-state index >= 15 is 0 Å². The summed E-state index contributed by atoms with van der Waals surface area (Å²) in [6, 6.07) is 19.5. The van der Waals surface area contributed by atoms with E-state index < -0.39 is 6.16 Å². The first-order chi connectivity index (χ1) is 10.6. The normalized spacial score (nSPS) is 8.50. The van der Waals surface area contributed by atoms with Gasteiger partial charge in [0.1, 0.15) is 5.94 Å². The quantitative estimate of drug-likeness (QED) is 0.199. The molecule has 0 spiro atoms. The van der Waals surface area contributed by atoms with Crippen LogP contribution in [0.25, 0.3) is 0 Å². The van der Waals surface area contributed by atoms with Gasteiger partial charge in [0.15, 0.2) is 0 Å². The fourth-order valence-electron chi connectivity index (χ4n) is 1.49. The molecule has 0 saturated heterocycles. The number of carbonyl (C=O) groups excluding carboxylic acids is 2. The molecule has 0 N–H and O–H groups in total. The predicted molar refractivity (Wildman–Crippen MR) is 78.8 cm³/mol. The molecule has 8 heteroatoms. The van der Waals surface area contributed by atoms with Gasteiger partial charge in [-0.25, -0.2) is 0 Å². The zero-order chi connectivity index (χ0) is 16.2. The molecule has 0 unspecified atom stereocenters. The molecule has 0 saturated carbocycles. The molecular formula is C16H14Cs2O5S.